The van der Waals surface area contributed by atoms with E-state index in [0.29, 0.717) is 10.0 Å². The third-order valence-corrected chi connectivity index (χ3v) is 3.44. The average molecular weight is 270 g/mol. The van der Waals surface area contributed by atoms with Gasteiger partial charge in [0.2, 0.25) is 0 Å². The monoisotopic (exact) mass is 269 g/mol. The number of aryl methyl sites for hydroxylation is 1. The summed E-state index contributed by atoms with van der Waals surface area (Å²) < 4.78 is 1.83. The second-order valence-corrected chi connectivity index (χ2v) is 4.63. The largest absolute Gasteiger partial charge is 0.376 e. The summed E-state index contributed by atoms with van der Waals surface area (Å²) in [5.74, 6) is 0. The zero-order valence-electron chi connectivity index (χ0n) is 9.61. The van der Waals surface area contributed by atoms with Crippen LogP contribution in [0, 0.1) is 0 Å². The molecule has 0 saturated heterocycles. The summed E-state index contributed by atoms with van der Waals surface area (Å²) >= 11 is 12.1. The molecule has 0 bridgehead atoms. The van der Waals surface area contributed by atoms with E-state index in [1.807, 2.05) is 36.9 Å². The number of halogens is 2. The number of hydrogen-bond acceptors (Lipinski definition) is 2. The number of anilines is 1. The first-order valence-corrected chi connectivity index (χ1v) is 6.03. The molecule has 0 aliphatic heterocycles. The Bertz CT molecular complexity index is 522. The first-order valence-electron chi connectivity index (χ1n) is 5.28. The molecule has 90 valence electrons. The Kier molecular flexibility index (Phi) is 3.60. The molecule has 2 rings (SSSR count). The molecule has 5 heteroatoms. The predicted molar refractivity (Wildman–Crippen MR) is 71.7 cm³/mol. The Morgan fingerprint density at radius 2 is 2.06 bits per heavy atom. The fraction of sp³-hybridized carbons (Fsp3) is 0.250. The fourth-order valence-corrected chi connectivity index (χ4v) is 2.09. The van der Waals surface area contributed by atoms with Gasteiger partial charge in [-0.1, -0.05) is 29.3 Å². The van der Waals surface area contributed by atoms with E-state index >= 15 is 0 Å². The van der Waals surface area contributed by atoms with Crippen LogP contribution in [0.4, 0.5) is 5.69 Å². The van der Waals surface area contributed by atoms with E-state index in [2.05, 4.69) is 10.4 Å². The van der Waals surface area contributed by atoms with Crippen LogP contribution in [0.15, 0.2) is 30.5 Å². The lowest BCUT2D eigenvalue weighted by atomic mass is 10.2. The number of rotatable bonds is 3. The van der Waals surface area contributed by atoms with Gasteiger partial charge in [0, 0.05) is 13.2 Å². The second kappa shape index (κ2) is 4.98. The van der Waals surface area contributed by atoms with Gasteiger partial charge in [0.25, 0.3) is 0 Å². The molecule has 0 aliphatic rings. The summed E-state index contributed by atoms with van der Waals surface area (Å²) in [5, 5.41) is 8.55. The minimum atomic E-state index is 0.110. The minimum Gasteiger partial charge on any atom is -0.376 e. The van der Waals surface area contributed by atoms with Gasteiger partial charge in [-0.3, -0.25) is 4.68 Å². The SMILES string of the molecule is CC(Nc1cccc(Cl)c1Cl)c1ccnn1C. The molecule has 1 aromatic heterocycles. The van der Waals surface area contributed by atoms with Crippen molar-refractivity contribution < 1.29 is 0 Å². The summed E-state index contributed by atoms with van der Waals surface area (Å²) in [6.45, 7) is 2.05. The molecule has 1 atom stereocenters. The molecule has 2 aromatic rings. The van der Waals surface area contributed by atoms with Gasteiger partial charge in [-0.15, -0.1) is 0 Å². The van der Waals surface area contributed by atoms with Crippen molar-refractivity contribution >= 4 is 28.9 Å². The molecular formula is C12H13Cl2N3. The minimum absolute atomic E-state index is 0.110. The van der Waals surface area contributed by atoms with Crippen LogP contribution in [-0.4, -0.2) is 9.78 Å². The number of aromatic nitrogens is 2. The molecule has 0 radical (unpaired) electrons. The Morgan fingerprint density at radius 1 is 1.29 bits per heavy atom. The van der Waals surface area contributed by atoms with Crippen LogP contribution in [0.5, 0.6) is 0 Å². The van der Waals surface area contributed by atoms with Gasteiger partial charge in [0.05, 0.1) is 27.5 Å². The van der Waals surface area contributed by atoms with Gasteiger partial charge >= 0.3 is 0 Å². The average Bonchev–Trinajstić information content (AvgIpc) is 2.71. The smallest absolute Gasteiger partial charge is 0.0823 e. The first-order chi connectivity index (χ1) is 8.09. The summed E-state index contributed by atoms with van der Waals surface area (Å²) in [5.41, 5.74) is 1.91. The molecule has 0 fully saturated rings. The maximum atomic E-state index is 6.12. The maximum Gasteiger partial charge on any atom is 0.0823 e. The molecule has 1 aromatic carbocycles. The highest BCUT2D eigenvalue weighted by Gasteiger charge is 2.11. The molecule has 0 amide bonds. The van der Waals surface area contributed by atoms with Gasteiger partial charge in [-0.25, -0.2) is 0 Å². The van der Waals surface area contributed by atoms with Gasteiger partial charge < -0.3 is 5.32 Å². The van der Waals surface area contributed by atoms with Gasteiger partial charge in [0.15, 0.2) is 0 Å². The van der Waals surface area contributed by atoms with Crippen LogP contribution in [0.25, 0.3) is 0 Å². The molecule has 1 heterocycles. The van der Waals surface area contributed by atoms with Crippen molar-refractivity contribution in [1.82, 2.24) is 9.78 Å². The molecular weight excluding hydrogens is 257 g/mol. The summed E-state index contributed by atoms with van der Waals surface area (Å²) in [6.07, 6.45) is 1.77. The molecule has 0 aliphatic carbocycles. The van der Waals surface area contributed by atoms with Crippen molar-refractivity contribution in [2.75, 3.05) is 5.32 Å². The summed E-state index contributed by atoms with van der Waals surface area (Å²) in [4.78, 5) is 0. The highest BCUT2D eigenvalue weighted by Crippen LogP contribution is 2.31. The number of nitrogens with one attached hydrogen (secondary N) is 1. The topological polar surface area (TPSA) is 29.9 Å². The lowest BCUT2D eigenvalue weighted by Crippen LogP contribution is -2.11. The molecule has 3 nitrogen and oxygen atoms in total. The standard InChI is InChI=1S/C12H13Cl2N3/c1-8(11-6-7-15-17(11)2)16-10-5-3-4-9(13)12(10)14/h3-8,16H,1-2H3. The zero-order valence-corrected chi connectivity index (χ0v) is 11.1. The molecule has 1 N–H and O–H groups in total. The van der Waals surface area contributed by atoms with Gasteiger partial charge in [-0.05, 0) is 25.1 Å². The van der Waals surface area contributed by atoms with Crippen LogP contribution in [-0.2, 0) is 7.05 Å². The second-order valence-electron chi connectivity index (χ2n) is 3.85. The third-order valence-electron chi connectivity index (χ3n) is 2.63. The van der Waals surface area contributed by atoms with Crippen LogP contribution < -0.4 is 5.32 Å². The Labute approximate surface area is 110 Å². The normalized spacial score (nSPS) is 12.5. The zero-order chi connectivity index (χ0) is 12.4. The quantitative estimate of drug-likeness (QED) is 0.916. The van der Waals surface area contributed by atoms with Crippen molar-refractivity contribution in [3.05, 3.63) is 46.2 Å². The van der Waals surface area contributed by atoms with E-state index in [1.54, 1.807) is 12.3 Å². The van der Waals surface area contributed by atoms with E-state index < -0.39 is 0 Å². The number of nitrogens with zero attached hydrogens (tertiary/aromatic N) is 2. The van der Waals surface area contributed by atoms with Crippen molar-refractivity contribution in [2.24, 2.45) is 7.05 Å². The van der Waals surface area contributed by atoms with Crippen LogP contribution in [0.1, 0.15) is 18.7 Å². The predicted octanol–water partition coefficient (Wildman–Crippen LogP) is 3.90. The van der Waals surface area contributed by atoms with E-state index in [1.165, 1.54) is 0 Å². The van der Waals surface area contributed by atoms with Crippen LogP contribution in [0.3, 0.4) is 0 Å². The first kappa shape index (κ1) is 12.3. The number of benzene rings is 1. The van der Waals surface area contributed by atoms with E-state index in [0.717, 1.165) is 11.4 Å². The third kappa shape index (κ3) is 2.56. The van der Waals surface area contributed by atoms with Gasteiger partial charge in [0.1, 0.15) is 0 Å². The Balaban J connectivity index is 2.22. The van der Waals surface area contributed by atoms with Gasteiger partial charge in [-0.2, -0.15) is 5.10 Å². The summed E-state index contributed by atoms with van der Waals surface area (Å²) in [6, 6.07) is 7.62. The maximum absolute atomic E-state index is 6.12. The lowest BCUT2D eigenvalue weighted by molar-refractivity contribution is 0.676. The Hall–Kier alpha value is -1.19. The summed E-state index contributed by atoms with van der Waals surface area (Å²) in [7, 11) is 1.91. The van der Waals surface area contributed by atoms with E-state index in [4.69, 9.17) is 23.2 Å². The van der Waals surface area contributed by atoms with Crippen molar-refractivity contribution in [2.45, 2.75) is 13.0 Å². The van der Waals surface area contributed by atoms with Crippen molar-refractivity contribution in [3.63, 3.8) is 0 Å². The van der Waals surface area contributed by atoms with Crippen molar-refractivity contribution in [1.29, 1.82) is 0 Å². The molecule has 17 heavy (non-hydrogen) atoms. The van der Waals surface area contributed by atoms with Crippen LogP contribution >= 0.6 is 23.2 Å². The highest BCUT2D eigenvalue weighted by atomic mass is 35.5. The van der Waals surface area contributed by atoms with Crippen LogP contribution in [0.2, 0.25) is 10.0 Å². The molecule has 0 spiro atoms. The lowest BCUT2D eigenvalue weighted by Gasteiger charge is -2.17. The molecule has 0 saturated carbocycles. The van der Waals surface area contributed by atoms with E-state index in [-0.39, 0.29) is 6.04 Å². The highest BCUT2D eigenvalue weighted by molar-refractivity contribution is 6.43. The van der Waals surface area contributed by atoms with E-state index in [9.17, 15) is 0 Å². The molecule has 1 unspecified atom stereocenters. The Morgan fingerprint density at radius 3 is 2.71 bits per heavy atom. The number of hydrogen-bond donors (Lipinski definition) is 1. The van der Waals surface area contributed by atoms with Crippen molar-refractivity contribution in [3.8, 4) is 0 Å². The fourth-order valence-electron chi connectivity index (χ4n) is 1.73.